The van der Waals surface area contributed by atoms with Crippen molar-refractivity contribution in [3.63, 3.8) is 0 Å². The van der Waals surface area contributed by atoms with E-state index in [-0.39, 0.29) is 5.54 Å². The summed E-state index contributed by atoms with van der Waals surface area (Å²) in [5.74, 6) is 0. The van der Waals surface area contributed by atoms with Gasteiger partial charge in [0.25, 0.3) is 0 Å². The molecule has 2 rings (SSSR count). The molecule has 0 spiro atoms. The van der Waals surface area contributed by atoms with E-state index in [0.717, 1.165) is 30.3 Å². The van der Waals surface area contributed by atoms with E-state index in [1.807, 2.05) is 0 Å². The highest BCUT2D eigenvalue weighted by Gasteiger charge is 2.37. The van der Waals surface area contributed by atoms with Crippen LogP contribution in [-0.2, 0) is 5.54 Å². The first-order chi connectivity index (χ1) is 8.77. The Morgan fingerprint density at radius 2 is 2.06 bits per heavy atom. The van der Waals surface area contributed by atoms with Gasteiger partial charge in [0.05, 0.1) is 0 Å². The fraction of sp³-hybridized carbons (Fsp3) is 0.600. The fourth-order valence-electron chi connectivity index (χ4n) is 2.63. The highest BCUT2D eigenvalue weighted by Crippen LogP contribution is 2.41. The number of benzene rings is 1. The minimum Gasteiger partial charge on any atom is -0.396 e. The Morgan fingerprint density at radius 3 is 2.67 bits per heavy atom. The molecular weight excluding hydrogens is 290 g/mol. The summed E-state index contributed by atoms with van der Waals surface area (Å²) in [7, 11) is 0. The number of rotatable bonds is 7. The summed E-state index contributed by atoms with van der Waals surface area (Å²) in [4.78, 5) is 0. The van der Waals surface area contributed by atoms with Crippen molar-refractivity contribution in [1.29, 1.82) is 0 Å². The van der Waals surface area contributed by atoms with E-state index in [0.29, 0.717) is 6.61 Å². The molecule has 0 aromatic heterocycles. The molecule has 1 aromatic carbocycles. The van der Waals surface area contributed by atoms with Gasteiger partial charge in [0.15, 0.2) is 0 Å². The van der Waals surface area contributed by atoms with Gasteiger partial charge in [0.2, 0.25) is 0 Å². The number of hydrogen-bond donors (Lipinski definition) is 2. The molecule has 1 aromatic rings. The van der Waals surface area contributed by atoms with E-state index < -0.39 is 0 Å². The summed E-state index contributed by atoms with van der Waals surface area (Å²) in [6, 6.07) is 8.66. The molecule has 1 fully saturated rings. The summed E-state index contributed by atoms with van der Waals surface area (Å²) in [5, 5.41) is 12.5. The first kappa shape index (κ1) is 14.0. The molecule has 18 heavy (non-hydrogen) atoms. The molecule has 0 radical (unpaired) electrons. The van der Waals surface area contributed by atoms with E-state index in [4.69, 9.17) is 5.11 Å². The minimum absolute atomic E-state index is 0.211. The quantitative estimate of drug-likeness (QED) is 0.754. The van der Waals surface area contributed by atoms with Crippen LogP contribution >= 0.6 is 15.9 Å². The third-order valence-electron chi connectivity index (χ3n) is 3.88. The van der Waals surface area contributed by atoms with Crippen molar-refractivity contribution >= 4 is 15.9 Å². The monoisotopic (exact) mass is 311 g/mol. The number of aliphatic hydroxyl groups excluding tert-OH is 1. The molecule has 1 aliphatic rings. The molecule has 0 unspecified atom stereocenters. The number of halogens is 1. The molecule has 0 atom stereocenters. The number of aliphatic hydroxyl groups is 1. The lowest BCUT2D eigenvalue weighted by Crippen LogP contribution is -2.48. The van der Waals surface area contributed by atoms with E-state index in [2.05, 4.69) is 45.5 Å². The molecule has 2 N–H and O–H groups in total. The van der Waals surface area contributed by atoms with Crippen LogP contribution in [0.1, 0.15) is 44.1 Å². The molecule has 2 nitrogen and oxygen atoms in total. The molecule has 3 heteroatoms. The van der Waals surface area contributed by atoms with Crippen molar-refractivity contribution in [3.8, 4) is 0 Å². The Labute approximate surface area is 118 Å². The largest absolute Gasteiger partial charge is 0.396 e. The number of nitrogens with one attached hydrogen (secondary N) is 1. The Morgan fingerprint density at radius 1 is 1.22 bits per heavy atom. The molecule has 0 saturated heterocycles. The second kappa shape index (κ2) is 6.69. The van der Waals surface area contributed by atoms with E-state index in [9.17, 15) is 0 Å². The molecule has 1 saturated carbocycles. The molecule has 0 aliphatic heterocycles. The van der Waals surface area contributed by atoms with E-state index in [1.165, 1.54) is 24.8 Å². The Kier molecular flexibility index (Phi) is 5.22. The average Bonchev–Trinajstić information content (AvgIpc) is 2.32. The maximum atomic E-state index is 8.77. The lowest BCUT2D eigenvalue weighted by Gasteiger charge is -2.43. The Hall–Kier alpha value is -0.380. The fourth-order valence-corrected chi connectivity index (χ4v) is 3.02. The first-order valence-electron chi connectivity index (χ1n) is 6.89. The van der Waals surface area contributed by atoms with Gasteiger partial charge in [-0.05, 0) is 62.8 Å². The van der Waals surface area contributed by atoms with Gasteiger partial charge in [0.1, 0.15) is 0 Å². The summed E-state index contributed by atoms with van der Waals surface area (Å²) < 4.78 is 1.16. The second-order valence-electron chi connectivity index (χ2n) is 5.16. The highest BCUT2D eigenvalue weighted by atomic mass is 79.9. The maximum Gasteiger partial charge on any atom is 0.0435 e. The first-order valence-corrected chi connectivity index (χ1v) is 7.68. The minimum atomic E-state index is 0.211. The zero-order chi connectivity index (χ0) is 12.8. The van der Waals surface area contributed by atoms with Gasteiger partial charge in [-0.1, -0.05) is 28.1 Å². The molecular formula is C15H22BrNO. The smallest absolute Gasteiger partial charge is 0.0435 e. The van der Waals surface area contributed by atoms with Gasteiger partial charge in [-0.3, -0.25) is 0 Å². The maximum absolute atomic E-state index is 8.77. The van der Waals surface area contributed by atoms with Crippen LogP contribution in [0.5, 0.6) is 0 Å². The topological polar surface area (TPSA) is 32.3 Å². The van der Waals surface area contributed by atoms with Crippen LogP contribution in [0.25, 0.3) is 0 Å². The Balaban J connectivity index is 1.90. The summed E-state index contributed by atoms with van der Waals surface area (Å²) in [5.41, 5.74) is 1.62. The third-order valence-corrected chi connectivity index (χ3v) is 4.38. The predicted octanol–water partition coefficient (Wildman–Crippen LogP) is 3.58. The van der Waals surface area contributed by atoms with Crippen LogP contribution in [0, 0.1) is 0 Å². The standard InChI is InChI=1S/C15H22BrNO/c16-14-7-4-6-13(12-14)15(8-5-9-15)17-10-2-1-3-11-18/h4,6-7,12,17-18H,1-3,5,8-11H2. The van der Waals surface area contributed by atoms with Crippen molar-refractivity contribution in [3.05, 3.63) is 34.3 Å². The van der Waals surface area contributed by atoms with Crippen LogP contribution in [-0.4, -0.2) is 18.3 Å². The predicted molar refractivity (Wildman–Crippen MR) is 78.6 cm³/mol. The lowest BCUT2D eigenvalue weighted by atomic mass is 9.72. The van der Waals surface area contributed by atoms with Gasteiger partial charge in [-0.15, -0.1) is 0 Å². The molecule has 0 bridgehead atoms. The summed E-state index contributed by atoms with van der Waals surface area (Å²) >= 11 is 3.55. The van der Waals surface area contributed by atoms with Gasteiger partial charge in [-0.25, -0.2) is 0 Å². The normalized spacial score (nSPS) is 17.4. The van der Waals surface area contributed by atoms with Crippen LogP contribution in [0.4, 0.5) is 0 Å². The zero-order valence-electron chi connectivity index (χ0n) is 10.8. The van der Waals surface area contributed by atoms with Crippen LogP contribution in [0.3, 0.4) is 0 Å². The summed E-state index contributed by atoms with van der Waals surface area (Å²) in [6.45, 7) is 1.36. The third kappa shape index (κ3) is 3.34. The van der Waals surface area contributed by atoms with Crippen LogP contribution in [0.15, 0.2) is 28.7 Å². The van der Waals surface area contributed by atoms with Crippen molar-refractivity contribution in [2.24, 2.45) is 0 Å². The highest BCUT2D eigenvalue weighted by molar-refractivity contribution is 9.10. The lowest BCUT2D eigenvalue weighted by molar-refractivity contribution is 0.184. The van der Waals surface area contributed by atoms with Crippen molar-refractivity contribution in [2.45, 2.75) is 44.1 Å². The van der Waals surface area contributed by atoms with Crippen molar-refractivity contribution in [2.75, 3.05) is 13.2 Å². The van der Waals surface area contributed by atoms with Crippen LogP contribution < -0.4 is 5.32 Å². The summed E-state index contributed by atoms with van der Waals surface area (Å²) in [6.07, 6.45) is 6.98. The second-order valence-corrected chi connectivity index (χ2v) is 6.07. The molecule has 0 amide bonds. The van der Waals surface area contributed by atoms with Gasteiger partial charge in [0, 0.05) is 16.6 Å². The number of unbranched alkanes of at least 4 members (excludes halogenated alkanes) is 2. The van der Waals surface area contributed by atoms with Gasteiger partial charge < -0.3 is 10.4 Å². The molecule has 1 aliphatic carbocycles. The van der Waals surface area contributed by atoms with E-state index >= 15 is 0 Å². The number of hydrogen-bond acceptors (Lipinski definition) is 2. The van der Waals surface area contributed by atoms with Crippen molar-refractivity contribution < 1.29 is 5.11 Å². The zero-order valence-corrected chi connectivity index (χ0v) is 12.4. The van der Waals surface area contributed by atoms with Gasteiger partial charge >= 0.3 is 0 Å². The van der Waals surface area contributed by atoms with Gasteiger partial charge in [-0.2, -0.15) is 0 Å². The van der Waals surface area contributed by atoms with E-state index in [1.54, 1.807) is 0 Å². The average molecular weight is 312 g/mol. The Bertz CT molecular complexity index is 377. The van der Waals surface area contributed by atoms with Crippen molar-refractivity contribution in [1.82, 2.24) is 5.32 Å². The molecule has 100 valence electrons. The van der Waals surface area contributed by atoms with Crippen LogP contribution in [0.2, 0.25) is 0 Å². The molecule has 0 heterocycles. The SMILES string of the molecule is OCCCCCNC1(c2cccc(Br)c2)CCC1.